The van der Waals surface area contributed by atoms with Gasteiger partial charge in [-0.15, -0.1) is 0 Å². The lowest BCUT2D eigenvalue weighted by Crippen LogP contribution is -2.17. The van der Waals surface area contributed by atoms with Crippen LogP contribution >= 0.6 is 0 Å². The van der Waals surface area contributed by atoms with Crippen LogP contribution in [0.2, 0.25) is 0 Å². The molecule has 7 nitrogen and oxygen atoms in total. The summed E-state index contributed by atoms with van der Waals surface area (Å²) < 4.78 is 4.55. The number of fused-ring (bicyclic) bond motifs is 2. The maximum Gasteiger partial charge on any atom is 0.293 e. The van der Waals surface area contributed by atoms with Gasteiger partial charge in [0, 0.05) is 35.1 Å². The average Bonchev–Trinajstić information content (AvgIpc) is 3.44. The number of nitrogens with one attached hydrogen (secondary N) is 3. The summed E-state index contributed by atoms with van der Waals surface area (Å²) in [5, 5.41) is 7.42. The SMILES string of the molecule is CC.CC(C)(C)OC=O.CC/C=C(\CCC)c1cc2c(Nc3ccc4c(c3)CNC4=O)ccnc2[nH]1. The van der Waals surface area contributed by atoms with Gasteiger partial charge in [-0.3, -0.25) is 9.59 Å². The minimum absolute atomic E-state index is 0.00397. The van der Waals surface area contributed by atoms with Crippen molar-refractivity contribution >= 4 is 40.4 Å². The zero-order chi connectivity index (χ0) is 26.7. The van der Waals surface area contributed by atoms with E-state index in [2.05, 4.69) is 51.3 Å². The van der Waals surface area contributed by atoms with E-state index in [0.29, 0.717) is 13.0 Å². The first-order chi connectivity index (χ1) is 17.3. The number of pyridine rings is 1. The molecule has 0 atom stereocenters. The summed E-state index contributed by atoms with van der Waals surface area (Å²) in [4.78, 5) is 29.3. The molecule has 4 rings (SSSR count). The molecule has 0 saturated heterocycles. The first kappa shape index (κ1) is 28.6. The fraction of sp³-hybridized carbons (Fsp3) is 0.414. The molecule has 1 aliphatic rings. The van der Waals surface area contributed by atoms with E-state index in [-0.39, 0.29) is 11.5 Å². The number of amides is 1. The van der Waals surface area contributed by atoms with Crippen molar-refractivity contribution in [3.8, 4) is 0 Å². The number of aromatic amines is 1. The molecule has 1 aliphatic heterocycles. The van der Waals surface area contributed by atoms with Gasteiger partial charge in [0.2, 0.25) is 0 Å². The highest BCUT2D eigenvalue weighted by Crippen LogP contribution is 2.30. The molecule has 7 heteroatoms. The standard InChI is InChI=1S/C22H24N4O.C5H10O2.C2H6/c1-3-5-14(6-4-2)20-12-18-19(9-10-23-21(18)26-20)25-16-7-8-17-15(11-16)13-24-22(17)27;1-5(2,3)7-4-6;1-2/h5,7-12H,3-4,6,13H2,1-2H3,(H,24,27)(H2,23,25,26);4H,1-3H3;1-2H3/b14-5+;;. The number of rotatable bonds is 7. The van der Waals surface area contributed by atoms with Crippen LogP contribution < -0.4 is 10.6 Å². The third kappa shape index (κ3) is 7.70. The second-order valence-electron chi connectivity index (χ2n) is 9.20. The van der Waals surface area contributed by atoms with Crippen LogP contribution in [0.25, 0.3) is 16.6 Å². The zero-order valence-corrected chi connectivity index (χ0v) is 22.6. The predicted octanol–water partition coefficient (Wildman–Crippen LogP) is 7.13. The summed E-state index contributed by atoms with van der Waals surface area (Å²) in [6.07, 6.45) is 7.28. The molecule has 1 amide bonds. The minimum atomic E-state index is -0.318. The first-order valence-corrected chi connectivity index (χ1v) is 12.7. The lowest BCUT2D eigenvalue weighted by Gasteiger charge is -2.14. The van der Waals surface area contributed by atoms with E-state index in [1.807, 2.05) is 65.1 Å². The molecule has 0 saturated carbocycles. The van der Waals surface area contributed by atoms with Crippen molar-refractivity contribution in [3.63, 3.8) is 0 Å². The highest BCUT2D eigenvalue weighted by Gasteiger charge is 2.19. The lowest BCUT2D eigenvalue weighted by molar-refractivity contribution is -0.138. The predicted molar refractivity (Wildman–Crippen MR) is 148 cm³/mol. The topological polar surface area (TPSA) is 96.1 Å². The molecule has 0 fully saturated rings. The number of hydrogen-bond acceptors (Lipinski definition) is 5. The third-order valence-electron chi connectivity index (χ3n) is 5.32. The summed E-state index contributed by atoms with van der Waals surface area (Å²) in [5.41, 5.74) is 6.81. The van der Waals surface area contributed by atoms with Crippen molar-refractivity contribution in [2.24, 2.45) is 0 Å². The van der Waals surface area contributed by atoms with Crippen molar-refractivity contribution in [2.45, 2.75) is 79.9 Å². The van der Waals surface area contributed by atoms with E-state index in [4.69, 9.17) is 0 Å². The van der Waals surface area contributed by atoms with Crippen LogP contribution in [0, 0.1) is 0 Å². The van der Waals surface area contributed by atoms with Crippen LogP contribution in [0.15, 0.2) is 42.6 Å². The second kappa shape index (κ2) is 13.5. The lowest BCUT2D eigenvalue weighted by atomic mass is 10.1. The van der Waals surface area contributed by atoms with Gasteiger partial charge in [-0.25, -0.2) is 4.98 Å². The molecule has 0 radical (unpaired) electrons. The van der Waals surface area contributed by atoms with Crippen LogP contribution in [-0.4, -0.2) is 27.9 Å². The fourth-order valence-corrected chi connectivity index (χ4v) is 3.78. The summed E-state index contributed by atoms with van der Waals surface area (Å²) in [6, 6.07) is 10.0. The summed E-state index contributed by atoms with van der Waals surface area (Å²) in [7, 11) is 0. The number of aromatic nitrogens is 2. The summed E-state index contributed by atoms with van der Waals surface area (Å²) >= 11 is 0. The molecule has 0 spiro atoms. The molecule has 0 bridgehead atoms. The molecule has 36 heavy (non-hydrogen) atoms. The summed E-state index contributed by atoms with van der Waals surface area (Å²) in [6.45, 7) is 14.9. The van der Waals surface area contributed by atoms with E-state index in [1.54, 1.807) is 0 Å². The number of H-pyrrole nitrogens is 1. The Morgan fingerprint density at radius 1 is 1.17 bits per heavy atom. The van der Waals surface area contributed by atoms with Gasteiger partial charge in [0.05, 0.1) is 5.69 Å². The van der Waals surface area contributed by atoms with Gasteiger partial charge in [0.25, 0.3) is 12.4 Å². The monoisotopic (exact) mass is 492 g/mol. The molecule has 1 aromatic carbocycles. The van der Waals surface area contributed by atoms with Crippen LogP contribution in [0.3, 0.4) is 0 Å². The number of nitrogens with zero attached hydrogens (tertiary/aromatic N) is 1. The van der Waals surface area contributed by atoms with Gasteiger partial charge in [-0.1, -0.05) is 40.2 Å². The largest absolute Gasteiger partial charge is 0.462 e. The molecular formula is C29H40N4O3. The van der Waals surface area contributed by atoms with E-state index in [1.165, 1.54) is 5.57 Å². The van der Waals surface area contributed by atoms with E-state index in [0.717, 1.165) is 58.5 Å². The molecule has 3 N–H and O–H groups in total. The third-order valence-corrected chi connectivity index (χ3v) is 5.32. The smallest absolute Gasteiger partial charge is 0.293 e. The Balaban J connectivity index is 0.000000440. The Morgan fingerprint density at radius 3 is 2.53 bits per heavy atom. The van der Waals surface area contributed by atoms with Crippen LogP contribution in [0.5, 0.6) is 0 Å². The maximum absolute atomic E-state index is 11.7. The van der Waals surface area contributed by atoms with Gasteiger partial charge in [0.15, 0.2) is 0 Å². The molecule has 0 aliphatic carbocycles. The van der Waals surface area contributed by atoms with Gasteiger partial charge < -0.3 is 20.4 Å². The Bertz CT molecular complexity index is 1190. The fourth-order valence-electron chi connectivity index (χ4n) is 3.78. The maximum atomic E-state index is 11.7. The van der Waals surface area contributed by atoms with Crippen LogP contribution in [0.4, 0.5) is 11.4 Å². The van der Waals surface area contributed by atoms with Crippen molar-refractivity contribution in [2.75, 3.05) is 5.32 Å². The first-order valence-electron chi connectivity index (χ1n) is 12.7. The van der Waals surface area contributed by atoms with Gasteiger partial charge in [0.1, 0.15) is 11.2 Å². The molecule has 194 valence electrons. The normalized spacial score (nSPS) is 12.5. The Kier molecular flexibility index (Phi) is 10.7. The Morgan fingerprint density at radius 2 is 1.92 bits per heavy atom. The van der Waals surface area contributed by atoms with Gasteiger partial charge >= 0.3 is 0 Å². The average molecular weight is 493 g/mol. The number of ether oxygens (including phenoxy) is 1. The second-order valence-corrected chi connectivity index (χ2v) is 9.20. The van der Waals surface area contributed by atoms with Gasteiger partial charge in [-0.2, -0.15) is 0 Å². The summed E-state index contributed by atoms with van der Waals surface area (Å²) in [5.74, 6) is 0.00397. The van der Waals surface area contributed by atoms with E-state index < -0.39 is 0 Å². The minimum Gasteiger partial charge on any atom is -0.462 e. The van der Waals surface area contributed by atoms with Crippen molar-refractivity contribution in [1.29, 1.82) is 0 Å². The van der Waals surface area contributed by atoms with Crippen LogP contribution in [-0.2, 0) is 16.1 Å². The Labute approximate surface area is 214 Å². The number of carbonyl (C=O) groups is 2. The molecule has 0 unspecified atom stereocenters. The highest BCUT2D eigenvalue weighted by molar-refractivity contribution is 5.99. The van der Waals surface area contributed by atoms with Crippen molar-refractivity contribution in [3.05, 3.63) is 59.4 Å². The number of anilines is 2. The van der Waals surface area contributed by atoms with Crippen LogP contribution in [0.1, 0.15) is 89.3 Å². The zero-order valence-electron chi connectivity index (χ0n) is 22.6. The number of benzene rings is 1. The van der Waals surface area contributed by atoms with Crippen molar-refractivity contribution in [1.82, 2.24) is 15.3 Å². The number of allylic oxidation sites excluding steroid dienone is 2. The molecule has 3 heterocycles. The number of hydrogen-bond donors (Lipinski definition) is 3. The van der Waals surface area contributed by atoms with Crippen molar-refractivity contribution < 1.29 is 14.3 Å². The Hall–Kier alpha value is -3.61. The van der Waals surface area contributed by atoms with E-state index >= 15 is 0 Å². The molecule has 3 aromatic rings. The molecule has 2 aromatic heterocycles. The van der Waals surface area contributed by atoms with Gasteiger partial charge in [-0.05, 0) is 75.1 Å². The quantitative estimate of drug-likeness (QED) is 0.305. The number of carbonyl (C=O) groups excluding carboxylic acids is 2. The molecular weight excluding hydrogens is 452 g/mol. The van der Waals surface area contributed by atoms with E-state index in [9.17, 15) is 9.59 Å². The highest BCUT2D eigenvalue weighted by atomic mass is 16.5.